The number of hydrogen-bond acceptors (Lipinski definition) is 2. The van der Waals surface area contributed by atoms with Crippen molar-refractivity contribution in [2.45, 2.75) is 213 Å². The number of carboxylic acids is 1. The molecule has 0 unspecified atom stereocenters. The molecular formula is C42H76O3. The molecular weight excluding hydrogens is 552 g/mol. The van der Waals surface area contributed by atoms with Gasteiger partial charge in [0, 0.05) is 0 Å². The van der Waals surface area contributed by atoms with Gasteiger partial charge < -0.3 is 9.84 Å². The Balaban J connectivity index is 2.19. The van der Waals surface area contributed by atoms with Gasteiger partial charge in [0.05, 0.1) is 13.0 Å². The molecule has 0 atom stereocenters. The second kappa shape index (κ2) is 32.4. The summed E-state index contributed by atoms with van der Waals surface area (Å²) < 4.78 is 6.22. The quantitative estimate of drug-likeness (QED) is 0.0761. The van der Waals surface area contributed by atoms with Crippen LogP contribution in [0.3, 0.4) is 0 Å². The summed E-state index contributed by atoms with van der Waals surface area (Å²) in [6, 6.07) is 7.65. The Kier molecular flexibility index (Phi) is 29.9. The van der Waals surface area contributed by atoms with Crippen LogP contribution in [0.4, 0.5) is 0 Å². The van der Waals surface area contributed by atoms with Gasteiger partial charge >= 0.3 is 5.97 Å². The molecule has 0 aliphatic heterocycles. The molecule has 1 N–H and O–H groups in total. The van der Waals surface area contributed by atoms with E-state index in [1.54, 1.807) is 0 Å². The van der Waals surface area contributed by atoms with Gasteiger partial charge in [-0.15, -0.1) is 0 Å². The first-order valence-electron chi connectivity index (χ1n) is 20.1. The Hall–Kier alpha value is -1.51. The first-order valence-corrected chi connectivity index (χ1v) is 20.1. The van der Waals surface area contributed by atoms with E-state index in [1.165, 1.54) is 193 Å². The predicted octanol–water partition coefficient (Wildman–Crippen LogP) is 14.1. The van der Waals surface area contributed by atoms with E-state index in [-0.39, 0.29) is 6.42 Å². The molecule has 0 saturated carbocycles. The number of carboxylic acid groups (broad SMARTS) is 1. The molecule has 1 aromatic rings. The normalized spacial score (nSPS) is 11.4. The van der Waals surface area contributed by atoms with Crippen molar-refractivity contribution in [1.82, 2.24) is 0 Å². The Morgan fingerprint density at radius 1 is 0.511 bits per heavy atom. The van der Waals surface area contributed by atoms with Crippen LogP contribution in [0.2, 0.25) is 0 Å². The highest BCUT2D eigenvalue weighted by Gasteiger charge is 2.11. The molecule has 0 aliphatic carbocycles. The topological polar surface area (TPSA) is 46.5 Å². The monoisotopic (exact) mass is 629 g/mol. The second-order valence-corrected chi connectivity index (χ2v) is 14.2. The molecule has 0 amide bonds. The van der Waals surface area contributed by atoms with Crippen molar-refractivity contribution in [3.8, 4) is 5.75 Å². The number of benzene rings is 1. The number of hydrogen-bond donors (Lipinski definition) is 1. The van der Waals surface area contributed by atoms with E-state index in [9.17, 15) is 4.79 Å². The summed E-state index contributed by atoms with van der Waals surface area (Å²) in [7, 11) is 0. The van der Waals surface area contributed by atoms with Crippen LogP contribution in [0.5, 0.6) is 5.75 Å². The maximum atomic E-state index is 11.0. The number of rotatable bonds is 35. The van der Waals surface area contributed by atoms with Crippen LogP contribution in [0.25, 0.3) is 0 Å². The SMILES string of the molecule is CCCCCCCCCCCCCCCCC(CCCCCCCCCCCCCCCC)COc1ccc(CC(=O)O)cc1. The zero-order chi connectivity index (χ0) is 32.5. The number of carbonyl (C=O) groups is 1. The molecule has 0 radical (unpaired) electrons. The third kappa shape index (κ3) is 28.4. The highest BCUT2D eigenvalue weighted by Crippen LogP contribution is 2.22. The number of aliphatic carboxylic acids is 1. The van der Waals surface area contributed by atoms with Crippen molar-refractivity contribution in [3.63, 3.8) is 0 Å². The lowest BCUT2D eigenvalue weighted by Crippen LogP contribution is -2.12. The van der Waals surface area contributed by atoms with E-state index in [1.807, 2.05) is 24.3 Å². The van der Waals surface area contributed by atoms with Gasteiger partial charge in [-0.1, -0.05) is 206 Å². The van der Waals surface area contributed by atoms with Gasteiger partial charge in [0.1, 0.15) is 5.75 Å². The fourth-order valence-corrected chi connectivity index (χ4v) is 6.66. The van der Waals surface area contributed by atoms with Gasteiger partial charge in [-0.3, -0.25) is 4.79 Å². The maximum Gasteiger partial charge on any atom is 0.307 e. The Morgan fingerprint density at radius 3 is 1.13 bits per heavy atom. The van der Waals surface area contributed by atoms with Gasteiger partial charge in [-0.2, -0.15) is 0 Å². The Morgan fingerprint density at radius 2 is 0.822 bits per heavy atom. The molecule has 1 rings (SSSR count). The van der Waals surface area contributed by atoms with Crippen molar-refractivity contribution >= 4 is 5.97 Å². The van der Waals surface area contributed by atoms with Crippen LogP contribution in [-0.2, 0) is 11.2 Å². The highest BCUT2D eigenvalue weighted by atomic mass is 16.5. The predicted molar refractivity (Wildman–Crippen MR) is 197 cm³/mol. The molecule has 0 fully saturated rings. The van der Waals surface area contributed by atoms with Crippen molar-refractivity contribution in [2.24, 2.45) is 5.92 Å². The van der Waals surface area contributed by atoms with Crippen LogP contribution in [0.15, 0.2) is 24.3 Å². The lowest BCUT2D eigenvalue weighted by Gasteiger charge is -2.18. The molecule has 262 valence electrons. The minimum Gasteiger partial charge on any atom is -0.493 e. The minimum atomic E-state index is -0.787. The summed E-state index contributed by atoms with van der Waals surface area (Å²) >= 11 is 0. The molecule has 0 bridgehead atoms. The summed E-state index contributed by atoms with van der Waals surface area (Å²) in [6.07, 6.45) is 42.0. The van der Waals surface area contributed by atoms with Gasteiger partial charge in [-0.05, 0) is 36.5 Å². The van der Waals surface area contributed by atoms with Crippen LogP contribution >= 0.6 is 0 Å². The van der Waals surface area contributed by atoms with Crippen LogP contribution < -0.4 is 4.74 Å². The van der Waals surface area contributed by atoms with Crippen molar-refractivity contribution in [2.75, 3.05) is 6.61 Å². The van der Waals surface area contributed by atoms with E-state index in [0.29, 0.717) is 5.92 Å². The first kappa shape index (κ1) is 41.5. The summed E-state index contributed by atoms with van der Waals surface area (Å²) in [5.74, 6) is 0.708. The standard InChI is InChI=1S/C42H76O3/c1-3-5-7-9-11-13-15-17-19-21-23-25-27-29-31-40(38-45-41-35-33-39(34-36-41)37-42(43)44)32-30-28-26-24-22-20-18-16-14-12-10-8-6-4-2/h33-36,40H,3-32,37-38H2,1-2H3,(H,43,44). The first-order chi connectivity index (χ1) is 22.2. The summed E-state index contributed by atoms with van der Waals surface area (Å²) in [5, 5.41) is 9.03. The summed E-state index contributed by atoms with van der Waals surface area (Å²) in [6.45, 7) is 5.38. The molecule has 0 aliphatic rings. The van der Waals surface area contributed by atoms with Crippen molar-refractivity contribution in [1.29, 1.82) is 0 Å². The second-order valence-electron chi connectivity index (χ2n) is 14.2. The fraction of sp³-hybridized carbons (Fsp3) is 0.833. The molecule has 1 aromatic carbocycles. The van der Waals surface area contributed by atoms with Crippen LogP contribution in [0.1, 0.15) is 212 Å². The van der Waals surface area contributed by atoms with E-state index >= 15 is 0 Å². The Labute approximate surface area is 281 Å². The molecule has 0 heterocycles. The van der Waals surface area contributed by atoms with Crippen molar-refractivity contribution in [3.05, 3.63) is 29.8 Å². The van der Waals surface area contributed by atoms with Crippen LogP contribution in [-0.4, -0.2) is 17.7 Å². The fourth-order valence-electron chi connectivity index (χ4n) is 6.66. The molecule has 3 heteroatoms. The third-order valence-corrected chi connectivity index (χ3v) is 9.70. The Bertz CT molecular complexity index is 711. The summed E-state index contributed by atoms with van der Waals surface area (Å²) in [4.78, 5) is 11.0. The molecule has 0 aromatic heterocycles. The van der Waals surface area contributed by atoms with Gasteiger partial charge in [0.2, 0.25) is 0 Å². The number of unbranched alkanes of at least 4 members (excludes halogenated alkanes) is 26. The van der Waals surface area contributed by atoms with E-state index < -0.39 is 5.97 Å². The molecule has 45 heavy (non-hydrogen) atoms. The van der Waals surface area contributed by atoms with Crippen molar-refractivity contribution < 1.29 is 14.6 Å². The van der Waals surface area contributed by atoms with E-state index in [4.69, 9.17) is 9.84 Å². The average Bonchev–Trinajstić information content (AvgIpc) is 3.04. The van der Waals surface area contributed by atoms with Gasteiger partial charge in [0.25, 0.3) is 0 Å². The molecule has 3 nitrogen and oxygen atoms in total. The minimum absolute atomic E-state index is 0.0706. The molecule has 0 spiro atoms. The highest BCUT2D eigenvalue weighted by molar-refractivity contribution is 5.70. The maximum absolute atomic E-state index is 11.0. The van der Waals surface area contributed by atoms with Gasteiger partial charge in [0.15, 0.2) is 0 Å². The zero-order valence-corrected chi connectivity index (χ0v) is 30.3. The third-order valence-electron chi connectivity index (χ3n) is 9.70. The lowest BCUT2D eigenvalue weighted by atomic mass is 9.94. The average molecular weight is 629 g/mol. The van der Waals surface area contributed by atoms with Gasteiger partial charge in [-0.25, -0.2) is 0 Å². The zero-order valence-electron chi connectivity index (χ0n) is 30.3. The van der Waals surface area contributed by atoms with E-state index in [0.717, 1.165) is 17.9 Å². The molecule has 0 saturated heterocycles. The van der Waals surface area contributed by atoms with E-state index in [2.05, 4.69) is 13.8 Å². The summed E-state index contributed by atoms with van der Waals surface area (Å²) in [5.41, 5.74) is 0.830. The smallest absolute Gasteiger partial charge is 0.307 e. The largest absolute Gasteiger partial charge is 0.493 e. The lowest BCUT2D eigenvalue weighted by molar-refractivity contribution is -0.136. The number of ether oxygens (including phenoxy) is 1. The van der Waals surface area contributed by atoms with Crippen LogP contribution in [0, 0.1) is 5.92 Å².